The normalized spacial score (nSPS) is 23.3. The van der Waals surface area contributed by atoms with Gasteiger partial charge in [-0.25, -0.2) is 0 Å². The standard InChI is InChI=1S/C17H21N2O4/c1-11-15(13(20)10-23-11)19-14(21)8-9-17(2,16(18)22)12-6-4-3-5-7-12/h3-8,11,15H,9-10H2,1-2H3,(H2,18,22)(H,19,21)/t11-,15?,17-/m0/s1. The Balaban J connectivity index is 2.01. The highest BCUT2D eigenvalue weighted by atomic mass is 16.5. The van der Waals surface area contributed by atoms with Crippen molar-refractivity contribution in [3.05, 3.63) is 42.3 Å². The average molecular weight is 317 g/mol. The summed E-state index contributed by atoms with van der Waals surface area (Å²) in [6, 6.07) is 8.42. The second kappa shape index (κ2) is 6.91. The van der Waals surface area contributed by atoms with Crippen molar-refractivity contribution in [2.75, 3.05) is 6.61 Å². The van der Waals surface area contributed by atoms with Gasteiger partial charge < -0.3 is 15.8 Å². The molecule has 1 aromatic carbocycles. The van der Waals surface area contributed by atoms with Crippen molar-refractivity contribution in [2.24, 2.45) is 5.73 Å². The molecule has 6 heteroatoms. The van der Waals surface area contributed by atoms with Gasteiger partial charge in [-0.2, -0.15) is 0 Å². The number of primary amides is 1. The zero-order chi connectivity index (χ0) is 17.0. The second-order valence-corrected chi connectivity index (χ2v) is 5.94. The van der Waals surface area contributed by atoms with E-state index >= 15 is 0 Å². The number of amides is 2. The zero-order valence-corrected chi connectivity index (χ0v) is 13.2. The molecule has 0 bridgehead atoms. The molecule has 2 amide bonds. The molecule has 123 valence electrons. The number of Topliss-reactive ketones (excluding diaryl/α,β-unsaturated/α-hetero) is 1. The maximum absolute atomic E-state index is 12.1. The minimum Gasteiger partial charge on any atom is -0.369 e. The van der Waals surface area contributed by atoms with Crippen LogP contribution in [0.15, 0.2) is 30.3 Å². The van der Waals surface area contributed by atoms with Crippen LogP contribution in [0.3, 0.4) is 0 Å². The van der Waals surface area contributed by atoms with E-state index in [9.17, 15) is 14.4 Å². The van der Waals surface area contributed by atoms with Crippen molar-refractivity contribution in [1.82, 2.24) is 5.32 Å². The van der Waals surface area contributed by atoms with Gasteiger partial charge in [0.15, 0.2) is 5.78 Å². The molecule has 1 heterocycles. The molecule has 1 aliphatic rings. The second-order valence-electron chi connectivity index (χ2n) is 5.94. The summed E-state index contributed by atoms with van der Waals surface area (Å²) < 4.78 is 5.18. The quantitative estimate of drug-likeness (QED) is 0.798. The number of nitrogens with two attached hydrogens (primary N) is 1. The van der Waals surface area contributed by atoms with Crippen LogP contribution in [0.2, 0.25) is 0 Å². The molecule has 1 aromatic rings. The summed E-state index contributed by atoms with van der Waals surface area (Å²) in [7, 11) is 0. The first kappa shape index (κ1) is 17.1. The molecule has 6 nitrogen and oxygen atoms in total. The Kier molecular flexibility index (Phi) is 5.15. The molecule has 1 aliphatic heterocycles. The third kappa shape index (κ3) is 3.76. The lowest BCUT2D eigenvalue weighted by atomic mass is 9.78. The van der Waals surface area contributed by atoms with Crippen LogP contribution in [0.25, 0.3) is 0 Å². The van der Waals surface area contributed by atoms with Gasteiger partial charge in [-0.3, -0.25) is 14.4 Å². The molecule has 0 aliphatic carbocycles. The summed E-state index contributed by atoms with van der Waals surface area (Å²) in [5, 5.41) is 2.62. The molecular weight excluding hydrogens is 296 g/mol. The zero-order valence-electron chi connectivity index (χ0n) is 13.2. The van der Waals surface area contributed by atoms with Crippen LogP contribution in [0.4, 0.5) is 0 Å². The Labute approximate surface area is 135 Å². The van der Waals surface area contributed by atoms with E-state index in [4.69, 9.17) is 10.5 Å². The molecular formula is C17H21N2O4. The molecule has 1 saturated heterocycles. The van der Waals surface area contributed by atoms with Crippen molar-refractivity contribution >= 4 is 17.6 Å². The van der Waals surface area contributed by atoms with E-state index < -0.39 is 23.3 Å². The minimum atomic E-state index is -0.986. The fourth-order valence-electron chi connectivity index (χ4n) is 2.53. The van der Waals surface area contributed by atoms with E-state index in [1.54, 1.807) is 26.0 Å². The summed E-state index contributed by atoms with van der Waals surface area (Å²) in [4.78, 5) is 35.6. The molecule has 3 N–H and O–H groups in total. The molecule has 1 fully saturated rings. The molecule has 1 unspecified atom stereocenters. The van der Waals surface area contributed by atoms with E-state index in [1.807, 2.05) is 18.2 Å². The number of ether oxygens (including phenoxy) is 1. The van der Waals surface area contributed by atoms with Gasteiger partial charge >= 0.3 is 0 Å². The summed E-state index contributed by atoms with van der Waals surface area (Å²) in [5.74, 6) is -1.08. The van der Waals surface area contributed by atoms with E-state index in [1.165, 1.54) is 6.42 Å². The Morgan fingerprint density at radius 2 is 2.04 bits per heavy atom. The summed E-state index contributed by atoms with van der Waals surface area (Å²) >= 11 is 0. The third-order valence-corrected chi connectivity index (χ3v) is 4.25. The number of nitrogens with one attached hydrogen (secondary N) is 1. The first-order chi connectivity index (χ1) is 10.8. The fourth-order valence-corrected chi connectivity index (χ4v) is 2.53. The lowest BCUT2D eigenvalue weighted by molar-refractivity contribution is -0.125. The molecule has 2 rings (SSSR count). The molecule has 1 radical (unpaired) electrons. The van der Waals surface area contributed by atoms with Crippen molar-refractivity contribution in [3.8, 4) is 0 Å². The van der Waals surface area contributed by atoms with Crippen LogP contribution < -0.4 is 11.1 Å². The third-order valence-electron chi connectivity index (χ3n) is 4.25. The molecule has 3 atom stereocenters. The number of hydrogen-bond acceptors (Lipinski definition) is 4. The van der Waals surface area contributed by atoms with E-state index in [0.29, 0.717) is 0 Å². The van der Waals surface area contributed by atoms with Gasteiger partial charge in [-0.05, 0) is 25.8 Å². The Morgan fingerprint density at radius 3 is 2.57 bits per heavy atom. The van der Waals surface area contributed by atoms with Crippen LogP contribution in [-0.2, 0) is 24.5 Å². The lowest BCUT2D eigenvalue weighted by Gasteiger charge is -2.26. The monoisotopic (exact) mass is 317 g/mol. The van der Waals surface area contributed by atoms with Gasteiger partial charge in [0.05, 0.1) is 17.9 Å². The topological polar surface area (TPSA) is 98.5 Å². The Morgan fingerprint density at radius 1 is 1.39 bits per heavy atom. The van der Waals surface area contributed by atoms with E-state index in [0.717, 1.165) is 5.56 Å². The average Bonchev–Trinajstić information content (AvgIpc) is 2.85. The highest BCUT2D eigenvalue weighted by Gasteiger charge is 2.36. The Hall–Kier alpha value is -2.21. The number of ketones is 1. The highest BCUT2D eigenvalue weighted by molar-refractivity contribution is 5.95. The number of carbonyl (C=O) groups excluding carboxylic acids is 3. The summed E-state index contributed by atoms with van der Waals surface area (Å²) in [5.41, 5.74) is 5.29. The van der Waals surface area contributed by atoms with Crippen LogP contribution in [0.1, 0.15) is 25.8 Å². The fraction of sp³-hybridized carbons (Fsp3) is 0.412. The first-order valence-electron chi connectivity index (χ1n) is 7.48. The van der Waals surface area contributed by atoms with Gasteiger partial charge in [0.1, 0.15) is 12.6 Å². The predicted octanol–water partition coefficient (Wildman–Crippen LogP) is 0.497. The van der Waals surface area contributed by atoms with Gasteiger partial charge in [0.2, 0.25) is 11.8 Å². The number of hydrogen-bond donors (Lipinski definition) is 2. The molecule has 0 aromatic heterocycles. The van der Waals surface area contributed by atoms with Crippen molar-refractivity contribution in [1.29, 1.82) is 0 Å². The number of benzene rings is 1. The SMILES string of the molecule is C[C@@H]1OCC(=O)C1NC(=O)[CH]C[C@](C)(C(N)=O)c1ccccc1. The molecule has 23 heavy (non-hydrogen) atoms. The van der Waals surface area contributed by atoms with Crippen LogP contribution >= 0.6 is 0 Å². The number of carbonyl (C=O) groups is 3. The van der Waals surface area contributed by atoms with Crippen molar-refractivity contribution in [2.45, 2.75) is 37.8 Å². The highest BCUT2D eigenvalue weighted by Crippen LogP contribution is 2.28. The Bertz CT molecular complexity index is 602. The minimum absolute atomic E-state index is 0.00906. The predicted molar refractivity (Wildman–Crippen MR) is 84.3 cm³/mol. The van der Waals surface area contributed by atoms with Crippen LogP contribution in [0, 0.1) is 6.42 Å². The first-order valence-corrected chi connectivity index (χ1v) is 7.48. The van der Waals surface area contributed by atoms with Crippen LogP contribution in [0.5, 0.6) is 0 Å². The maximum Gasteiger partial charge on any atom is 0.227 e. The molecule has 0 spiro atoms. The summed E-state index contributed by atoms with van der Waals surface area (Å²) in [6.45, 7) is 3.43. The molecule has 0 saturated carbocycles. The lowest BCUT2D eigenvalue weighted by Crippen LogP contribution is -2.45. The number of rotatable bonds is 6. The largest absolute Gasteiger partial charge is 0.369 e. The van der Waals surface area contributed by atoms with Gasteiger partial charge in [0, 0.05) is 0 Å². The van der Waals surface area contributed by atoms with Crippen LogP contribution in [-0.4, -0.2) is 36.4 Å². The van der Waals surface area contributed by atoms with E-state index in [2.05, 4.69) is 5.32 Å². The van der Waals surface area contributed by atoms with E-state index in [-0.39, 0.29) is 24.9 Å². The smallest absolute Gasteiger partial charge is 0.227 e. The van der Waals surface area contributed by atoms with Gasteiger partial charge in [0.25, 0.3) is 0 Å². The van der Waals surface area contributed by atoms with Gasteiger partial charge in [-0.1, -0.05) is 30.3 Å². The van der Waals surface area contributed by atoms with Crippen molar-refractivity contribution < 1.29 is 19.1 Å². The van der Waals surface area contributed by atoms with Gasteiger partial charge in [-0.15, -0.1) is 0 Å². The summed E-state index contributed by atoms with van der Waals surface area (Å²) in [6.07, 6.45) is 1.15. The maximum atomic E-state index is 12.1. The van der Waals surface area contributed by atoms with Crippen molar-refractivity contribution in [3.63, 3.8) is 0 Å².